The predicted molar refractivity (Wildman–Crippen MR) is 126 cm³/mol. The zero-order valence-electron chi connectivity index (χ0n) is 20.4. The fraction of sp³-hybridized carbons (Fsp3) is 0.542. The SMILES string of the molecule is COC1(C(C)(F)F)CN([C@H]2CC[C@H](N/C=C(/C(N)=O)C(N)=Nc3ccc(C(F)(F)F)cc3)[C@@H](C#N)C2)C1. The van der Waals surface area contributed by atoms with Crippen LogP contribution in [0.4, 0.5) is 27.6 Å². The first-order valence-electron chi connectivity index (χ1n) is 11.5. The molecule has 202 valence electrons. The van der Waals surface area contributed by atoms with Gasteiger partial charge in [-0.2, -0.15) is 18.4 Å². The fourth-order valence-corrected chi connectivity index (χ4v) is 4.66. The molecular formula is C24H29F5N6O2. The van der Waals surface area contributed by atoms with E-state index < -0.39 is 35.1 Å². The zero-order chi connectivity index (χ0) is 27.6. The molecule has 1 aliphatic carbocycles. The molecular weight excluding hydrogens is 499 g/mol. The molecule has 2 aliphatic rings. The molecule has 3 atom stereocenters. The minimum absolute atomic E-state index is 0.0661. The van der Waals surface area contributed by atoms with Gasteiger partial charge in [0.2, 0.25) is 0 Å². The van der Waals surface area contributed by atoms with Crippen molar-refractivity contribution in [3.05, 3.63) is 41.6 Å². The van der Waals surface area contributed by atoms with Crippen LogP contribution in [0.15, 0.2) is 41.0 Å². The molecule has 1 heterocycles. The smallest absolute Gasteiger partial charge is 0.386 e. The van der Waals surface area contributed by atoms with Crippen molar-refractivity contribution in [1.29, 1.82) is 5.26 Å². The lowest BCUT2D eigenvalue weighted by Crippen LogP contribution is -2.72. The lowest BCUT2D eigenvalue weighted by Gasteiger charge is -2.55. The Kier molecular flexibility index (Phi) is 8.14. The Hall–Kier alpha value is -3.24. The number of nitrogens with two attached hydrogens (primary N) is 2. The van der Waals surface area contributed by atoms with Crippen LogP contribution in [0.5, 0.6) is 0 Å². The Bertz CT molecular complexity index is 1080. The number of amidine groups is 1. The highest BCUT2D eigenvalue weighted by molar-refractivity contribution is 6.20. The van der Waals surface area contributed by atoms with Crippen molar-refractivity contribution in [3.63, 3.8) is 0 Å². The number of benzene rings is 1. The number of likely N-dealkylation sites (tertiary alicyclic amines) is 1. The molecule has 3 rings (SSSR count). The van der Waals surface area contributed by atoms with Gasteiger partial charge in [-0.1, -0.05) is 0 Å². The van der Waals surface area contributed by atoms with Gasteiger partial charge >= 0.3 is 6.18 Å². The second kappa shape index (κ2) is 10.6. The van der Waals surface area contributed by atoms with Gasteiger partial charge in [0.05, 0.1) is 28.8 Å². The van der Waals surface area contributed by atoms with Crippen LogP contribution in [0.2, 0.25) is 0 Å². The minimum atomic E-state index is -4.50. The lowest BCUT2D eigenvalue weighted by atomic mass is 9.78. The molecule has 1 aromatic rings. The number of nitrogens with one attached hydrogen (secondary N) is 1. The van der Waals surface area contributed by atoms with Crippen molar-refractivity contribution in [2.45, 2.75) is 56.0 Å². The summed E-state index contributed by atoms with van der Waals surface area (Å²) in [6, 6.07) is 5.68. The molecule has 13 heteroatoms. The third kappa shape index (κ3) is 6.19. The van der Waals surface area contributed by atoms with Crippen molar-refractivity contribution in [1.82, 2.24) is 10.2 Å². The van der Waals surface area contributed by atoms with Crippen LogP contribution < -0.4 is 16.8 Å². The molecule has 0 unspecified atom stereocenters. The van der Waals surface area contributed by atoms with Gasteiger partial charge in [0.1, 0.15) is 5.84 Å². The number of nitriles is 1. The summed E-state index contributed by atoms with van der Waals surface area (Å²) in [7, 11) is 1.27. The number of nitrogens with zero attached hydrogens (tertiary/aromatic N) is 3. The number of aliphatic imine (C=N–C) groups is 1. The molecule has 1 saturated carbocycles. The summed E-state index contributed by atoms with van der Waals surface area (Å²) in [6.07, 6.45) is -1.69. The highest BCUT2D eigenvalue weighted by atomic mass is 19.4. The number of carbonyl (C=O) groups is 1. The van der Waals surface area contributed by atoms with E-state index >= 15 is 0 Å². The average molecular weight is 529 g/mol. The summed E-state index contributed by atoms with van der Waals surface area (Å²) in [5.74, 6) is -4.71. The van der Waals surface area contributed by atoms with Crippen LogP contribution in [-0.2, 0) is 15.7 Å². The highest BCUT2D eigenvalue weighted by Gasteiger charge is 2.60. The average Bonchev–Trinajstić information content (AvgIpc) is 2.78. The third-order valence-corrected chi connectivity index (χ3v) is 7.04. The predicted octanol–water partition coefficient (Wildman–Crippen LogP) is 3.07. The van der Waals surface area contributed by atoms with Crippen LogP contribution in [0.1, 0.15) is 31.7 Å². The molecule has 0 spiro atoms. The summed E-state index contributed by atoms with van der Waals surface area (Å²) in [5, 5.41) is 12.7. The number of halogens is 5. The molecule has 37 heavy (non-hydrogen) atoms. The number of hydrogen-bond donors (Lipinski definition) is 3. The summed E-state index contributed by atoms with van der Waals surface area (Å²) in [5.41, 5.74) is 8.81. The summed E-state index contributed by atoms with van der Waals surface area (Å²) >= 11 is 0. The van der Waals surface area contributed by atoms with E-state index in [4.69, 9.17) is 16.2 Å². The number of alkyl halides is 5. The first kappa shape index (κ1) is 28.3. The van der Waals surface area contributed by atoms with E-state index in [1.54, 1.807) is 0 Å². The van der Waals surface area contributed by atoms with Crippen molar-refractivity contribution in [2.24, 2.45) is 22.4 Å². The van der Waals surface area contributed by atoms with Gasteiger partial charge in [-0.15, -0.1) is 0 Å². The van der Waals surface area contributed by atoms with E-state index in [1.807, 2.05) is 4.90 Å². The highest BCUT2D eigenvalue weighted by Crippen LogP contribution is 2.42. The second-order valence-corrected chi connectivity index (χ2v) is 9.43. The van der Waals surface area contributed by atoms with Crippen molar-refractivity contribution >= 4 is 17.4 Å². The van der Waals surface area contributed by atoms with Crippen LogP contribution in [0.3, 0.4) is 0 Å². The summed E-state index contributed by atoms with van der Waals surface area (Å²) in [4.78, 5) is 17.8. The molecule has 0 radical (unpaired) electrons. The fourth-order valence-electron chi connectivity index (χ4n) is 4.66. The summed E-state index contributed by atoms with van der Waals surface area (Å²) in [6.45, 7) is 0.967. The Labute approximate surface area is 211 Å². The molecule has 1 aliphatic heterocycles. The molecule has 1 amide bonds. The molecule has 1 aromatic carbocycles. The Balaban J connectivity index is 1.66. The van der Waals surface area contributed by atoms with Crippen LogP contribution >= 0.6 is 0 Å². The number of carbonyl (C=O) groups excluding carboxylic acids is 1. The maximum atomic E-state index is 14.0. The van der Waals surface area contributed by atoms with Crippen molar-refractivity contribution in [2.75, 3.05) is 20.2 Å². The second-order valence-electron chi connectivity index (χ2n) is 9.43. The third-order valence-electron chi connectivity index (χ3n) is 7.04. The van der Waals surface area contributed by atoms with Gasteiger partial charge in [0.25, 0.3) is 11.8 Å². The molecule has 0 aromatic heterocycles. The van der Waals surface area contributed by atoms with E-state index in [9.17, 15) is 32.0 Å². The maximum Gasteiger partial charge on any atom is 0.416 e. The topological polar surface area (TPSA) is 130 Å². The maximum absolute atomic E-state index is 14.0. The molecule has 8 nitrogen and oxygen atoms in total. The molecule has 2 fully saturated rings. The first-order chi connectivity index (χ1) is 17.2. The number of primary amides is 1. The Morgan fingerprint density at radius 2 is 1.84 bits per heavy atom. The standard InChI is InChI=1S/C24H29F5N6O2/c1-22(25,26)23(37-2)12-35(13-23)17-7-8-19(14(9-17)10-30)33-11-18(21(32)36)20(31)34-16-5-3-15(4-6-16)24(27,28)29/h3-6,11,14,17,19,33H,7-9,12-13H2,1-2H3,(H2,31,34)(H2,32,36)/b18-11+/t14-,17+,19+/m1/s1. The zero-order valence-corrected chi connectivity index (χ0v) is 20.4. The van der Waals surface area contributed by atoms with E-state index in [-0.39, 0.29) is 42.3 Å². The quantitative estimate of drug-likeness (QED) is 0.206. The number of methoxy groups -OCH3 is 1. The van der Waals surface area contributed by atoms with Crippen LogP contribution in [0, 0.1) is 17.2 Å². The van der Waals surface area contributed by atoms with E-state index in [0.717, 1.165) is 31.2 Å². The Morgan fingerprint density at radius 1 is 1.22 bits per heavy atom. The molecule has 0 bridgehead atoms. The van der Waals surface area contributed by atoms with E-state index in [0.29, 0.717) is 19.3 Å². The van der Waals surface area contributed by atoms with Gasteiger partial charge in [0.15, 0.2) is 5.60 Å². The molecule has 1 saturated heterocycles. The minimum Gasteiger partial charge on any atom is -0.386 e. The van der Waals surface area contributed by atoms with E-state index in [1.165, 1.54) is 13.3 Å². The van der Waals surface area contributed by atoms with Gasteiger partial charge < -0.3 is 21.5 Å². The van der Waals surface area contributed by atoms with Gasteiger partial charge in [-0.3, -0.25) is 9.69 Å². The number of rotatable bonds is 8. The first-order valence-corrected chi connectivity index (χ1v) is 11.5. The van der Waals surface area contributed by atoms with Gasteiger partial charge in [0, 0.05) is 45.4 Å². The van der Waals surface area contributed by atoms with Crippen molar-refractivity contribution < 1.29 is 31.5 Å². The monoisotopic (exact) mass is 528 g/mol. The van der Waals surface area contributed by atoms with Crippen LogP contribution in [0.25, 0.3) is 0 Å². The van der Waals surface area contributed by atoms with Crippen LogP contribution in [-0.4, -0.2) is 60.4 Å². The Morgan fingerprint density at radius 3 is 2.32 bits per heavy atom. The largest absolute Gasteiger partial charge is 0.416 e. The normalized spacial score (nSPS) is 25.2. The van der Waals surface area contributed by atoms with E-state index in [2.05, 4.69) is 16.4 Å². The van der Waals surface area contributed by atoms with Gasteiger partial charge in [-0.25, -0.2) is 13.8 Å². The van der Waals surface area contributed by atoms with Gasteiger partial charge in [-0.05, 0) is 43.5 Å². The lowest BCUT2D eigenvalue weighted by molar-refractivity contribution is -0.254. The number of ether oxygens (including phenoxy) is 1. The van der Waals surface area contributed by atoms with Crippen molar-refractivity contribution in [3.8, 4) is 6.07 Å². The number of amides is 1. The molecule has 5 N–H and O–H groups in total. The number of hydrogen-bond acceptors (Lipinski definition) is 6. The summed E-state index contributed by atoms with van der Waals surface area (Å²) < 4.78 is 71.3.